The molecule has 88 valence electrons. The molecule has 0 amide bonds. The number of hydrogen-bond donors (Lipinski definition) is 1. The summed E-state index contributed by atoms with van der Waals surface area (Å²) in [6, 6.07) is 7.62. The van der Waals surface area contributed by atoms with Crippen molar-refractivity contribution in [2.45, 2.75) is 26.7 Å². The fourth-order valence-electron chi connectivity index (χ4n) is 1.59. The molecular weight excluding hydrogens is 202 g/mol. The number of nitrogen functional groups attached to an aromatic ring is 1. The molecule has 0 bridgehead atoms. The van der Waals surface area contributed by atoms with Crippen LogP contribution in [0.5, 0.6) is 0 Å². The third-order valence-electron chi connectivity index (χ3n) is 2.57. The lowest BCUT2D eigenvalue weighted by Gasteiger charge is -2.13. The Kier molecular flexibility index (Phi) is 4.83. The normalized spacial score (nSPS) is 12.1. The lowest BCUT2D eigenvalue weighted by Crippen LogP contribution is -2.19. The number of anilines is 1. The molecule has 0 saturated heterocycles. The monoisotopic (exact) mass is 221 g/mol. The minimum atomic E-state index is -0.109. The number of benzene rings is 1. The number of carbonyl (C=O) groups excluding carboxylic acids is 1. The van der Waals surface area contributed by atoms with Crippen LogP contribution in [-0.2, 0) is 16.0 Å². The summed E-state index contributed by atoms with van der Waals surface area (Å²) in [4.78, 5) is 11.6. The van der Waals surface area contributed by atoms with Crippen molar-refractivity contribution in [2.75, 3.05) is 12.3 Å². The molecule has 16 heavy (non-hydrogen) atoms. The van der Waals surface area contributed by atoms with E-state index in [1.807, 2.05) is 38.1 Å². The first-order chi connectivity index (χ1) is 7.67. The number of rotatable bonds is 5. The molecule has 0 saturated carbocycles. The number of carbonyl (C=O) groups is 1. The van der Waals surface area contributed by atoms with Gasteiger partial charge in [0.1, 0.15) is 0 Å². The molecule has 1 unspecified atom stereocenters. The van der Waals surface area contributed by atoms with Crippen LogP contribution in [0.4, 0.5) is 5.69 Å². The molecule has 0 heterocycles. The lowest BCUT2D eigenvalue weighted by molar-refractivity contribution is -0.148. The first kappa shape index (κ1) is 12.6. The highest BCUT2D eigenvalue weighted by atomic mass is 16.5. The molecule has 0 fully saturated rings. The van der Waals surface area contributed by atoms with Crippen molar-refractivity contribution in [3.8, 4) is 0 Å². The maximum atomic E-state index is 11.6. The van der Waals surface area contributed by atoms with Crippen LogP contribution in [0, 0.1) is 5.92 Å². The van der Waals surface area contributed by atoms with Crippen molar-refractivity contribution in [3.05, 3.63) is 29.8 Å². The van der Waals surface area contributed by atoms with Crippen LogP contribution >= 0.6 is 0 Å². The molecule has 3 nitrogen and oxygen atoms in total. The molecule has 0 spiro atoms. The average Bonchev–Trinajstić information content (AvgIpc) is 2.28. The van der Waals surface area contributed by atoms with Crippen molar-refractivity contribution in [1.82, 2.24) is 0 Å². The molecule has 0 aliphatic carbocycles. The second-order valence-electron chi connectivity index (χ2n) is 3.80. The number of esters is 1. The van der Waals surface area contributed by atoms with Crippen molar-refractivity contribution < 1.29 is 9.53 Å². The molecule has 1 atom stereocenters. The summed E-state index contributed by atoms with van der Waals surface area (Å²) in [6.07, 6.45) is 1.51. The lowest BCUT2D eigenvalue weighted by atomic mass is 9.97. The highest BCUT2D eigenvalue weighted by Crippen LogP contribution is 2.15. The van der Waals surface area contributed by atoms with Crippen LogP contribution in [-0.4, -0.2) is 12.6 Å². The van der Waals surface area contributed by atoms with Gasteiger partial charge in [0.2, 0.25) is 0 Å². The largest absolute Gasteiger partial charge is 0.466 e. The zero-order valence-electron chi connectivity index (χ0n) is 9.90. The second-order valence-corrected chi connectivity index (χ2v) is 3.80. The average molecular weight is 221 g/mol. The van der Waals surface area contributed by atoms with Gasteiger partial charge in [-0.25, -0.2) is 0 Å². The number of nitrogens with two attached hydrogens (primary N) is 1. The van der Waals surface area contributed by atoms with E-state index in [4.69, 9.17) is 10.5 Å². The summed E-state index contributed by atoms with van der Waals surface area (Å²) < 4.78 is 5.03. The Balaban J connectivity index is 2.62. The third kappa shape index (κ3) is 3.57. The van der Waals surface area contributed by atoms with Gasteiger partial charge in [-0.1, -0.05) is 19.1 Å². The van der Waals surface area contributed by atoms with Gasteiger partial charge in [-0.05, 0) is 37.5 Å². The van der Waals surface area contributed by atoms with Crippen LogP contribution in [0.1, 0.15) is 25.8 Å². The fourth-order valence-corrected chi connectivity index (χ4v) is 1.59. The summed E-state index contributed by atoms with van der Waals surface area (Å²) in [7, 11) is 0. The van der Waals surface area contributed by atoms with E-state index in [0.717, 1.165) is 24.1 Å². The van der Waals surface area contributed by atoms with Crippen molar-refractivity contribution in [1.29, 1.82) is 0 Å². The molecule has 1 aromatic rings. The third-order valence-corrected chi connectivity index (χ3v) is 2.57. The smallest absolute Gasteiger partial charge is 0.309 e. The maximum absolute atomic E-state index is 11.6. The Hall–Kier alpha value is -1.51. The molecule has 0 aromatic heterocycles. The molecule has 2 N–H and O–H groups in total. The standard InChI is InChI=1S/C13H19NO2/c1-3-11(13(15)16-4-2)9-10-5-7-12(14)8-6-10/h5-8,11H,3-4,9,14H2,1-2H3. The zero-order chi connectivity index (χ0) is 12.0. The predicted octanol–water partition coefficient (Wildman–Crippen LogP) is 2.40. The number of ether oxygens (including phenoxy) is 1. The van der Waals surface area contributed by atoms with Gasteiger partial charge in [-0.15, -0.1) is 0 Å². The Morgan fingerprint density at radius 2 is 1.94 bits per heavy atom. The van der Waals surface area contributed by atoms with Crippen molar-refractivity contribution in [3.63, 3.8) is 0 Å². The Labute approximate surface area is 96.6 Å². The van der Waals surface area contributed by atoms with Gasteiger partial charge in [0.25, 0.3) is 0 Å². The van der Waals surface area contributed by atoms with E-state index in [0.29, 0.717) is 6.61 Å². The van der Waals surface area contributed by atoms with Gasteiger partial charge in [0, 0.05) is 5.69 Å². The summed E-state index contributed by atoms with van der Waals surface area (Å²) in [5, 5.41) is 0. The molecular formula is C13H19NO2. The van der Waals surface area contributed by atoms with E-state index in [1.54, 1.807) is 0 Å². The summed E-state index contributed by atoms with van der Waals surface area (Å²) >= 11 is 0. The van der Waals surface area contributed by atoms with Gasteiger partial charge in [-0.3, -0.25) is 4.79 Å². The first-order valence-corrected chi connectivity index (χ1v) is 5.68. The van der Waals surface area contributed by atoms with Crippen LogP contribution in [0.15, 0.2) is 24.3 Å². The van der Waals surface area contributed by atoms with Gasteiger partial charge in [0.05, 0.1) is 12.5 Å². The van der Waals surface area contributed by atoms with Gasteiger partial charge >= 0.3 is 5.97 Å². The molecule has 1 rings (SSSR count). The van der Waals surface area contributed by atoms with E-state index in [1.165, 1.54) is 0 Å². The first-order valence-electron chi connectivity index (χ1n) is 5.68. The predicted molar refractivity (Wildman–Crippen MR) is 65.0 cm³/mol. The zero-order valence-corrected chi connectivity index (χ0v) is 9.90. The molecule has 3 heteroatoms. The molecule has 0 radical (unpaired) electrons. The van der Waals surface area contributed by atoms with Crippen LogP contribution in [0.2, 0.25) is 0 Å². The van der Waals surface area contributed by atoms with Gasteiger partial charge in [0.15, 0.2) is 0 Å². The fraction of sp³-hybridized carbons (Fsp3) is 0.462. The van der Waals surface area contributed by atoms with Crippen molar-refractivity contribution in [2.24, 2.45) is 5.92 Å². The Morgan fingerprint density at radius 1 is 1.31 bits per heavy atom. The van der Waals surface area contributed by atoms with Gasteiger partial charge < -0.3 is 10.5 Å². The summed E-state index contributed by atoms with van der Waals surface area (Å²) in [6.45, 7) is 4.27. The number of hydrogen-bond acceptors (Lipinski definition) is 3. The van der Waals surface area contributed by atoms with Crippen molar-refractivity contribution >= 4 is 11.7 Å². The highest BCUT2D eigenvalue weighted by molar-refractivity contribution is 5.72. The van der Waals surface area contributed by atoms with E-state index in [-0.39, 0.29) is 11.9 Å². The Bertz CT molecular complexity index is 332. The minimum absolute atomic E-state index is 0.0522. The van der Waals surface area contributed by atoms with E-state index < -0.39 is 0 Å². The molecule has 0 aliphatic rings. The van der Waals surface area contributed by atoms with Crippen LogP contribution < -0.4 is 5.73 Å². The molecule has 0 aliphatic heterocycles. The quantitative estimate of drug-likeness (QED) is 0.613. The van der Waals surface area contributed by atoms with Crippen LogP contribution in [0.3, 0.4) is 0 Å². The minimum Gasteiger partial charge on any atom is -0.466 e. The second kappa shape index (κ2) is 6.16. The maximum Gasteiger partial charge on any atom is 0.309 e. The topological polar surface area (TPSA) is 52.3 Å². The SMILES string of the molecule is CCOC(=O)C(CC)Cc1ccc(N)cc1. The van der Waals surface area contributed by atoms with E-state index in [2.05, 4.69) is 0 Å². The summed E-state index contributed by atoms with van der Waals surface area (Å²) in [5.74, 6) is -0.162. The van der Waals surface area contributed by atoms with E-state index in [9.17, 15) is 4.79 Å². The van der Waals surface area contributed by atoms with Crippen LogP contribution in [0.25, 0.3) is 0 Å². The molecule has 1 aromatic carbocycles. The Morgan fingerprint density at radius 3 is 2.44 bits per heavy atom. The highest BCUT2D eigenvalue weighted by Gasteiger charge is 2.17. The van der Waals surface area contributed by atoms with Gasteiger partial charge in [-0.2, -0.15) is 0 Å². The summed E-state index contributed by atoms with van der Waals surface area (Å²) in [5.41, 5.74) is 7.47. The van der Waals surface area contributed by atoms with E-state index >= 15 is 0 Å².